The van der Waals surface area contributed by atoms with Crippen LogP contribution in [0.1, 0.15) is 56.6 Å². The van der Waals surface area contributed by atoms with Crippen LogP contribution in [0.25, 0.3) is 0 Å². The summed E-state index contributed by atoms with van der Waals surface area (Å²) in [6.07, 6.45) is 8.67. The van der Waals surface area contributed by atoms with Crippen molar-refractivity contribution in [2.45, 2.75) is 57.1 Å². The topological polar surface area (TPSA) is 61.6 Å². The van der Waals surface area contributed by atoms with Crippen molar-refractivity contribution in [2.24, 2.45) is 11.8 Å². The van der Waals surface area contributed by atoms with E-state index in [1.54, 1.807) is 6.07 Å². The quantitative estimate of drug-likeness (QED) is 0.797. The minimum Gasteiger partial charge on any atom is -0.381 e. The molecule has 2 fully saturated rings. The second kappa shape index (κ2) is 6.11. The van der Waals surface area contributed by atoms with E-state index in [1.807, 2.05) is 12.1 Å². The summed E-state index contributed by atoms with van der Waals surface area (Å²) in [5.74, 6) is 1.08. The molecule has 1 aromatic carbocycles. The van der Waals surface area contributed by atoms with Gasteiger partial charge in [0.25, 0.3) is 4.92 Å². The Morgan fingerprint density at radius 2 is 1.96 bits per heavy atom. The van der Waals surface area contributed by atoms with E-state index < -0.39 is 0 Å². The van der Waals surface area contributed by atoms with E-state index >= 15 is 0 Å². The van der Waals surface area contributed by atoms with Crippen molar-refractivity contribution in [3.8, 4) is 0 Å². The zero-order valence-corrected chi connectivity index (χ0v) is 13.4. The molecule has 1 aromatic rings. The van der Waals surface area contributed by atoms with Gasteiger partial charge in [-0.3, -0.25) is 0 Å². The van der Waals surface area contributed by atoms with Crippen molar-refractivity contribution in [2.75, 3.05) is 11.9 Å². The summed E-state index contributed by atoms with van der Waals surface area (Å²) < 4.78 is 6.10. The van der Waals surface area contributed by atoms with Crippen molar-refractivity contribution in [3.63, 3.8) is 0 Å². The molecule has 2 unspecified atom stereocenters. The second-order valence-corrected chi connectivity index (χ2v) is 7.18. The Bertz CT molecular complexity index is 598. The maximum atomic E-state index is 11.6. The van der Waals surface area contributed by atoms with Crippen LogP contribution >= 0.6 is 0 Å². The molecule has 1 saturated heterocycles. The van der Waals surface area contributed by atoms with E-state index in [0.717, 1.165) is 30.7 Å². The Balaban J connectivity index is 1.73. The fourth-order valence-electron chi connectivity index (χ4n) is 4.86. The molecule has 0 amide bonds. The molecule has 5 nitrogen and oxygen atoms in total. The number of nitrogens with zero attached hydrogens (tertiary/aromatic N) is 1. The Labute approximate surface area is 136 Å². The maximum absolute atomic E-state index is 11.6. The number of fused-ring (bicyclic) bond motifs is 3. The Morgan fingerprint density at radius 3 is 2.74 bits per heavy atom. The predicted octanol–water partition coefficient (Wildman–Crippen LogP) is 4.33. The lowest BCUT2D eigenvalue weighted by Gasteiger charge is -2.46. The fourth-order valence-corrected chi connectivity index (χ4v) is 4.86. The highest BCUT2D eigenvalue weighted by Crippen LogP contribution is 2.50. The van der Waals surface area contributed by atoms with Crippen LogP contribution in [-0.2, 0) is 4.74 Å². The van der Waals surface area contributed by atoms with Gasteiger partial charge in [-0.25, -0.2) is 5.21 Å². The molecule has 2 N–H and O–H groups in total. The second-order valence-electron chi connectivity index (χ2n) is 7.18. The van der Waals surface area contributed by atoms with Crippen LogP contribution in [0, 0.1) is 16.7 Å². The predicted molar refractivity (Wildman–Crippen MR) is 86.9 cm³/mol. The van der Waals surface area contributed by atoms with Crippen molar-refractivity contribution in [1.29, 1.82) is 0 Å². The van der Waals surface area contributed by atoms with E-state index in [4.69, 9.17) is 4.74 Å². The molecule has 0 radical (unpaired) electrons. The van der Waals surface area contributed by atoms with Gasteiger partial charge < -0.3 is 10.1 Å². The molecular weight excluding hydrogens is 292 g/mol. The molecule has 1 aliphatic carbocycles. The highest BCUT2D eigenvalue weighted by molar-refractivity contribution is 5.64. The van der Waals surface area contributed by atoms with E-state index in [1.165, 1.54) is 32.1 Å². The number of hydrogen-bond acceptors (Lipinski definition) is 3. The zero-order chi connectivity index (χ0) is 15.8. The Morgan fingerprint density at radius 1 is 1.13 bits per heavy atom. The number of benzene rings is 1. The molecular formula is C18H25N2O3+. The van der Waals surface area contributed by atoms with Crippen molar-refractivity contribution in [1.82, 2.24) is 0 Å². The average molecular weight is 317 g/mol. The third-order valence-electron chi connectivity index (χ3n) is 5.88. The lowest BCUT2D eigenvalue weighted by Crippen LogP contribution is -2.46. The summed E-state index contributed by atoms with van der Waals surface area (Å²) in [7, 11) is 0. The normalized spacial score (nSPS) is 30.9. The van der Waals surface area contributed by atoms with Crippen LogP contribution in [-0.4, -0.2) is 22.8 Å². The molecule has 3 atom stereocenters. The van der Waals surface area contributed by atoms with Crippen LogP contribution in [0.15, 0.2) is 18.2 Å². The first-order chi connectivity index (χ1) is 11.3. The van der Waals surface area contributed by atoms with E-state index in [2.05, 4.69) is 5.32 Å². The maximum Gasteiger partial charge on any atom is 0.324 e. The lowest BCUT2D eigenvalue weighted by molar-refractivity contribution is -0.730. The molecule has 2 heterocycles. The lowest BCUT2D eigenvalue weighted by atomic mass is 9.71. The fraction of sp³-hybridized carbons (Fsp3) is 0.667. The monoisotopic (exact) mass is 317 g/mol. The van der Waals surface area contributed by atoms with Gasteiger partial charge in [0.05, 0.1) is 16.6 Å². The summed E-state index contributed by atoms with van der Waals surface area (Å²) in [6, 6.07) is 5.92. The first-order valence-electron chi connectivity index (χ1n) is 8.93. The molecule has 0 aromatic heterocycles. The van der Waals surface area contributed by atoms with Gasteiger partial charge in [0.15, 0.2) is 0 Å². The van der Waals surface area contributed by atoms with Gasteiger partial charge in [-0.15, -0.1) is 0 Å². The molecule has 4 rings (SSSR count). The molecule has 1 saturated carbocycles. The number of nitrogens with one attached hydrogen (secondary N) is 1. The van der Waals surface area contributed by atoms with Gasteiger partial charge in [-0.2, -0.15) is 0 Å². The Kier molecular flexibility index (Phi) is 3.97. The van der Waals surface area contributed by atoms with Crippen LogP contribution in [0.5, 0.6) is 0 Å². The minimum absolute atomic E-state index is 0.0174. The molecule has 124 valence electrons. The van der Waals surface area contributed by atoms with Crippen LogP contribution in [0.2, 0.25) is 0 Å². The summed E-state index contributed by atoms with van der Waals surface area (Å²) >= 11 is 0. The first-order valence-corrected chi connectivity index (χ1v) is 8.93. The third kappa shape index (κ3) is 2.61. The van der Waals surface area contributed by atoms with Gasteiger partial charge in [-0.1, -0.05) is 25.3 Å². The van der Waals surface area contributed by atoms with Crippen LogP contribution < -0.4 is 5.32 Å². The van der Waals surface area contributed by atoms with Crippen molar-refractivity contribution in [3.05, 3.63) is 28.7 Å². The van der Waals surface area contributed by atoms with Crippen molar-refractivity contribution < 1.29 is 14.9 Å². The summed E-state index contributed by atoms with van der Waals surface area (Å²) in [5.41, 5.74) is 2.10. The van der Waals surface area contributed by atoms with Crippen LogP contribution in [0.4, 0.5) is 11.4 Å². The standard InChI is InChI=1S/C18H25N2O3/c21-20(22)15-10-4-9-14-16(15)18-13(8-5-11-23-18)17(19-14)12-6-2-1-3-7-12/h4,9-10,12-13,17-19H,1-3,5-8,11H2,(H,21,22)/q+1/t13-,17?,18?/m0/s1. The first kappa shape index (κ1) is 14.9. The van der Waals surface area contributed by atoms with E-state index in [-0.39, 0.29) is 11.0 Å². The van der Waals surface area contributed by atoms with Gasteiger partial charge in [0.2, 0.25) is 0 Å². The molecule has 3 aliphatic rings. The van der Waals surface area contributed by atoms with Gasteiger partial charge in [0, 0.05) is 30.3 Å². The number of anilines is 1. The Hall–Kier alpha value is -1.62. The third-order valence-corrected chi connectivity index (χ3v) is 5.88. The zero-order valence-electron chi connectivity index (χ0n) is 13.4. The number of hydrogen-bond donors (Lipinski definition) is 2. The number of rotatable bonds is 2. The summed E-state index contributed by atoms with van der Waals surface area (Å²) in [6.45, 7) is 0.733. The van der Waals surface area contributed by atoms with Gasteiger partial charge in [0.1, 0.15) is 0 Å². The van der Waals surface area contributed by atoms with E-state index in [0.29, 0.717) is 23.6 Å². The number of ether oxygens (including phenoxy) is 1. The largest absolute Gasteiger partial charge is 0.381 e. The highest BCUT2D eigenvalue weighted by atomic mass is 16.6. The summed E-state index contributed by atoms with van der Waals surface area (Å²) in [4.78, 5) is 11.5. The minimum atomic E-state index is -0.0771. The average Bonchev–Trinajstić information content (AvgIpc) is 2.61. The molecule has 2 aliphatic heterocycles. The van der Waals surface area contributed by atoms with Crippen LogP contribution in [0.3, 0.4) is 0 Å². The summed E-state index contributed by atoms with van der Waals surface area (Å²) in [5, 5.41) is 13.2. The SMILES string of the molecule is O=[N+](O)c1cccc2c1C1OCCC[C@H]1C(C1CCCCC1)N2. The highest BCUT2D eigenvalue weighted by Gasteiger charge is 2.45. The van der Waals surface area contributed by atoms with Crippen molar-refractivity contribution >= 4 is 11.4 Å². The van der Waals surface area contributed by atoms with Gasteiger partial charge >= 0.3 is 5.69 Å². The van der Waals surface area contributed by atoms with E-state index in [9.17, 15) is 10.1 Å². The molecule has 0 spiro atoms. The smallest absolute Gasteiger partial charge is 0.324 e. The molecule has 0 bridgehead atoms. The molecule has 5 heteroatoms. The molecule has 23 heavy (non-hydrogen) atoms. The van der Waals surface area contributed by atoms with Gasteiger partial charge in [-0.05, 0) is 37.7 Å².